The second-order valence-electron chi connectivity index (χ2n) is 3.60. The minimum absolute atomic E-state index is 0.196. The van der Waals surface area contributed by atoms with Crippen molar-refractivity contribution in [3.05, 3.63) is 38.3 Å². The van der Waals surface area contributed by atoms with Gasteiger partial charge in [0, 0.05) is 5.56 Å². The van der Waals surface area contributed by atoms with E-state index >= 15 is 0 Å². The van der Waals surface area contributed by atoms with Crippen molar-refractivity contribution in [2.75, 3.05) is 0 Å². The molecule has 0 aromatic heterocycles. The molecule has 0 aliphatic carbocycles. The maximum absolute atomic E-state index is 10.8. The molecule has 0 atom stereocenters. The van der Waals surface area contributed by atoms with Crippen LogP contribution in [0, 0.1) is 16.0 Å². The van der Waals surface area contributed by atoms with Crippen LogP contribution >= 0.6 is 15.9 Å². The second-order valence-corrected chi connectivity index (χ2v) is 4.46. The fourth-order valence-electron chi connectivity index (χ4n) is 1.37. The number of hydrogen-bond donors (Lipinski definition) is 0. The molecule has 0 fully saturated rings. The average Bonchev–Trinajstić information content (AvgIpc) is 2.01. The monoisotopic (exact) mass is 257 g/mol. The third-order valence-electron chi connectivity index (χ3n) is 1.88. The zero-order valence-corrected chi connectivity index (χ0v) is 9.74. The van der Waals surface area contributed by atoms with Gasteiger partial charge in [0.1, 0.15) is 0 Å². The third kappa shape index (κ3) is 2.54. The summed E-state index contributed by atoms with van der Waals surface area (Å²) in [5, 5.41) is 10.8. The van der Waals surface area contributed by atoms with Crippen LogP contribution in [0.1, 0.15) is 19.4 Å². The highest BCUT2D eigenvalue weighted by Crippen LogP contribution is 2.29. The van der Waals surface area contributed by atoms with E-state index in [2.05, 4.69) is 15.9 Å². The lowest BCUT2D eigenvalue weighted by Crippen LogP contribution is -2.00. The number of halogens is 1. The lowest BCUT2D eigenvalue weighted by molar-refractivity contribution is -0.386. The molecule has 0 bridgehead atoms. The van der Waals surface area contributed by atoms with Gasteiger partial charge in [0.2, 0.25) is 0 Å². The summed E-state index contributed by atoms with van der Waals surface area (Å²) >= 11 is 3.20. The Balaban J connectivity index is 3.14. The van der Waals surface area contributed by atoms with Crippen LogP contribution in [0.3, 0.4) is 0 Å². The van der Waals surface area contributed by atoms with Crippen molar-refractivity contribution in [3.63, 3.8) is 0 Å². The van der Waals surface area contributed by atoms with E-state index in [4.69, 9.17) is 0 Å². The first-order valence-corrected chi connectivity index (χ1v) is 5.23. The summed E-state index contributed by atoms with van der Waals surface area (Å²) < 4.78 is 0.556. The Labute approximate surface area is 91.4 Å². The smallest absolute Gasteiger partial charge is 0.258 e. The number of nitrogens with zero attached hydrogens (tertiary/aromatic N) is 1. The van der Waals surface area contributed by atoms with Crippen molar-refractivity contribution < 1.29 is 4.92 Å². The van der Waals surface area contributed by atoms with Gasteiger partial charge < -0.3 is 0 Å². The Hall–Kier alpha value is -0.900. The van der Waals surface area contributed by atoms with Crippen molar-refractivity contribution >= 4 is 21.6 Å². The van der Waals surface area contributed by atoms with Gasteiger partial charge in [0.15, 0.2) is 0 Å². The Morgan fingerprint density at radius 1 is 1.50 bits per heavy atom. The molecule has 14 heavy (non-hydrogen) atoms. The van der Waals surface area contributed by atoms with Crippen LogP contribution in [0.15, 0.2) is 22.7 Å². The van der Waals surface area contributed by atoms with E-state index in [1.807, 2.05) is 26.0 Å². The molecule has 0 unspecified atom stereocenters. The zero-order valence-electron chi connectivity index (χ0n) is 8.16. The van der Waals surface area contributed by atoms with Crippen molar-refractivity contribution in [3.8, 4) is 0 Å². The topological polar surface area (TPSA) is 43.1 Å². The van der Waals surface area contributed by atoms with Crippen LogP contribution in [-0.2, 0) is 6.42 Å². The summed E-state index contributed by atoms with van der Waals surface area (Å²) in [6.07, 6.45) is 0.732. The number of rotatable bonds is 3. The second kappa shape index (κ2) is 4.55. The molecule has 1 aromatic carbocycles. The molecule has 0 amide bonds. The van der Waals surface area contributed by atoms with E-state index in [9.17, 15) is 10.1 Å². The Bertz CT molecular complexity index is 350. The molecular formula is C10H12BrNO2. The van der Waals surface area contributed by atoms with E-state index in [1.165, 1.54) is 0 Å². The normalized spacial score (nSPS) is 10.6. The number of benzene rings is 1. The van der Waals surface area contributed by atoms with Gasteiger partial charge in [-0.15, -0.1) is 0 Å². The van der Waals surface area contributed by atoms with Crippen LogP contribution in [0.2, 0.25) is 0 Å². The molecule has 0 N–H and O–H groups in total. The van der Waals surface area contributed by atoms with E-state index in [0.29, 0.717) is 10.4 Å². The SMILES string of the molecule is CC(C)Cc1cccc(Br)c1[N+](=O)[O-]. The molecule has 1 aromatic rings. The van der Waals surface area contributed by atoms with Gasteiger partial charge in [0.25, 0.3) is 5.69 Å². The standard InChI is InChI=1S/C10H12BrNO2/c1-7(2)6-8-4-3-5-9(11)10(8)12(13)14/h3-5,7H,6H2,1-2H3. The average molecular weight is 258 g/mol. The quantitative estimate of drug-likeness (QED) is 0.614. The lowest BCUT2D eigenvalue weighted by Gasteiger charge is -2.06. The van der Waals surface area contributed by atoms with E-state index in [0.717, 1.165) is 12.0 Å². The molecule has 0 saturated carbocycles. The van der Waals surface area contributed by atoms with Gasteiger partial charge in [-0.1, -0.05) is 26.0 Å². The predicted molar refractivity (Wildman–Crippen MR) is 59.3 cm³/mol. The first kappa shape index (κ1) is 11.2. The Morgan fingerprint density at radius 2 is 2.14 bits per heavy atom. The van der Waals surface area contributed by atoms with Gasteiger partial charge in [-0.25, -0.2) is 0 Å². The maximum atomic E-state index is 10.8. The van der Waals surface area contributed by atoms with Crippen molar-refractivity contribution in [1.82, 2.24) is 0 Å². The minimum Gasteiger partial charge on any atom is -0.258 e. The first-order valence-electron chi connectivity index (χ1n) is 4.44. The van der Waals surface area contributed by atoms with Gasteiger partial charge in [-0.3, -0.25) is 10.1 Å². The Morgan fingerprint density at radius 3 is 2.64 bits per heavy atom. The molecule has 0 aliphatic rings. The molecule has 0 radical (unpaired) electrons. The molecule has 4 heteroatoms. The number of para-hydroxylation sites is 1. The molecule has 0 saturated heterocycles. The fraction of sp³-hybridized carbons (Fsp3) is 0.400. The molecule has 1 rings (SSSR count). The number of nitro benzene ring substituents is 1. The minimum atomic E-state index is -0.332. The third-order valence-corrected chi connectivity index (χ3v) is 2.52. The van der Waals surface area contributed by atoms with E-state index in [1.54, 1.807) is 6.07 Å². The highest BCUT2D eigenvalue weighted by molar-refractivity contribution is 9.10. The molecule has 76 valence electrons. The number of hydrogen-bond acceptors (Lipinski definition) is 2. The van der Waals surface area contributed by atoms with Crippen molar-refractivity contribution in [1.29, 1.82) is 0 Å². The molecule has 3 nitrogen and oxygen atoms in total. The summed E-state index contributed by atoms with van der Waals surface area (Å²) in [5.41, 5.74) is 0.987. The van der Waals surface area contributed by atoms with Crippen molar-refractivity contribution in [2.45, 2.75) is 20.3 Å². The highest BCUT2D eigenvalue weighted by Gasteiger charge is 2.17. The van der Waals surface area contributed by atoms with Crippen molar-refractivity contribution in [2.24, 2.45) is 5.92 Å². The number of nitro groups is 1. The zero-order chi connectivity index (χ0) is 10.7. The first-order chi connectivity index (χ1) is 6.52. The summed E-state index contributed by atoms with van der Waals surface area (Å²) in [7, 11) is 0. The molecule has 0 spiro atoms. The summed E-state index contributed by atoms with van der Waals surface area (Å²) in [6, 6.07) is 5.33. The summed E-state index contributed by atoms with van der Waals surface area (Å²) in [6.45, 7) is 4.09. The summed E-state index contributed by atoms with van der Waals surface area (Å²) in [5.74, 6) is 0.419. The maximum Gasteiger partial charge on any atom is 0.286 e. The lowest BCUT2D eigenvalue weighted by atomic mass is 10.0. The molecular weight excluding hydrogens is 246 g/mol. The fourth-order valence-corrected chi connectivity index (χ4v) is 1.92. The van der Waals surface area contributed by atoms with Crippen LogP contribution in [0.5, 0.6) is 0 Å². The van der Waals surface area contributed by atoms with Crippen LogP contribution in [-0.4, -0.2) is 4.92 Å². The van der Waals surface area contributed by atoms with E-state index in [-0.39, 0.29) is 10.6 Å². The van der Waals surface area contributed by atoms with Crippen LogP contribution < -0.4 is 0 Å². The van der Waals surface area contributed by atoms with E-state index < -0.39 is 0 Å². The molecule has 0 aliphatic heterocycles. The van der Waals surface area contributed by atoms with Gasteiger partial charge in [-0.05, 0) is 34.3 Å². The van der Waals surface area contributed by atoms with Crippen LogP contribution in [0.25, 0.3) is 0 Å². The Kier molecular flexibility index (Phi) is 3.63. The largest absolute Gasteiger partial charge is 0.286 e. The van der Waals surface area contributed by atoms with Crippen LogP contribution in [0.4, 0.5) is 5.69 Å². The van der Waals surface area contributed by atoms with Gasteiger partial charge >= 0.3 is 0 Å². The highest BCUT2D eigenvalue weighted by atomic mass is 79.9. The predicted octanol–water partition coefficient (Wildman–Crippen LogP) is 3.56. The summed E-state index contributed by atoms with van der Waals surface area (Å²) in [4.78, 5) is 10.5. The molecule has 0 heterocycles. The van der Waals surface area contributed by atoms with Gasteiger partial charge in [0.05, 0.1) is 9.40 Å². The van der Waals surface area contributed by atoms with Gasteiger partial charge in [-0.2, -0.15) is 0 Å².